The summed E-state index contributed by atoms with van der Waals surface area (Å²) in [7, 11) is 1.56. The van der Waals surface area contributed by atoms with Crippen LogP contribution in [0.5, 0.6) is 5.75 Å². The van der Waals surface area contributed by atoms with E-state index in [1.165, 1.54) is 6.07 Å². The number of ether oxygens (including phenoxy) is 2. The molecule has 0 aliphatic carbocycles. The first kappa shape index (κ1) is 16.3. The zero-order valence-corrected chi connectivity index (χ0v) is 15.0. The van der Waals surface area contributed by atoms with Crippen LogP contribution in [0.2, 0.25) is 0 Å². The minimum absolute atomic E-state index is 0.209. The Morgan fingerprint density at radius 2 is 2.19 bits per heavy atom. The van der Waals surface area contributed by atoms with Crippen molar-refractivity contribution in [2.75, 3.05) is 30.0 Å². The van der Waals surface area contributed by atoms with Gasteiger partial charge in [0.2, 0.25) is 0 Å². The number of amides is 1. The largest absolute Gasteiger partial charge is 0.494 e. The van der Waals surface area contributed by atoms with Crippen LogP contribution in [0.4, 0.5) is 20.6 Å². The molecular formula is C18H20FN5O3. The van der Waals surface area contributed by atoms with Crippen LogP contribution in [-0.4, -0.2) is 53.4 Å². The van der Waals surface area contributed by atoms with E-state index in [1.807, 2.05) is 4.90 Å². The lowest BCUT2D eigenvalue weighted by molar-refractivity contribution is 0.117. The smallest absolute Gasteiger partial charge is 0.415 e. The van der Waals surface area contributed by atoms with Crippen molar-refractivity contribution in [3.8, 4) is 5.75 Å². The normalized spacial score (nSPS) is 23.6. The fourth-order valence-electron chi connectivity index (χ4n) is 4.46. The second kappa shape index (κ2) is 6.11. The number of nitrogens with zero attached hydrogens (tertiary/aromatic N) is 5. The molecule has 2 fully saturated rings. The van der Waals surface area contributed by atoms with Gasteiger partial charge in [-0.05, 0) is 12.8 Å². The van der Waals surface area contributed by atoms with Gasteiger partial charge in [0.25, 0.3) is 0 Å². The van der Waals surface area contributed by atoms with E-state index in [2.05, 4.69) is 10.3 Å². The molecule has 142 valence electrons. The molecular weight excluding hydrogens is 353 g/mol. The van der Waals surface area contributed by atoms with E-state index < -0.39 is 6.09 Å². The standard InChI is InChI=1S/C18H20FN5O3/c1-26-17-11-8-14-15(10-23-7-4-20-21-23)27-18(25)24(14)13(11)9-12(19)16(17)22-5-2-3-6-22/h4,7,9,14-15H,2-3,5-6,8,10H2,1H3/t14-,15-/m0/s1. The summed E-state index contributed by atoms with van der Waals surface area (Å²) in [5.41, 5.74) is 1.92. The lowest BCUT2D eigenvalue weighted by atomic mass is 10.0. The Kier molecular flexibility index (Phi) is 3.70. The van der Waals surface area contributed by atoms with E-state index in [1.54, 1.807) is 29.1 Å². The first-order chi connectivity index (χ1) is 13.2. The summed E-state index contributed by atoms with van der Waals surface area (Å²) in [6.45, 7) is 2.04. The molecule has 9 heteroatoms. The Bertz CT molecular complexity index is 882. The van der Waals surface area contributed by atoms with Crippen molar-refractivity contribution >= 4 is 17.5 Å². The molecule has 0 radical (unpaired) electrons. The first-order valence-electron chi connectivity index (χ1n) is 9.15. The van der Waals surface area contributed by atoms with E-state index >= 15 is 4.39 Å². The summed E-state index contributed by atoms with van der Waals surface area (Å²) in [4.78, 5) is 16.1. The molecule has 0 N–H and O–H groups in total. The van der Waals surface area contributed by atoms with Gasteiger partial charge in [-0.2, -0.15) is 0 Å². The van der Waals surface area contributed by atoms with Gasteiger partial charge < -0.3 is 14.4 Å². The molecule has 1 aromatic carbocycles. The van der Waals surface area contributed by atoms with Gasteiger partial charge in [0.15, 0.2) is 11.6 Å². The molecule has 0 spiro atoms. The fraction of sp³-hybridized carbons (Fsp3) is 0.500. The van der Waals surface area contributed by atoms with Gasteiger partial charge in [-0.25, -0.2) is 13.9 Å². The Labute approximate surface area is 155 Å². The number of hydrogen-bond acceptors (Lipinski definition) is 6. The topological polar surface area (TPSA) is 72.7 Å². The maximum Gasteiger partial charge on any atom is 0.415 e. The second-order valence-corrected chi connectivity index (χ2v) is 7.12. The summed E-state index contributed by atoms with van der Waals surface area (Å²) >= 11 is 0. The number of methoxy groups -OCH3 is 1. The van der Waals surface area contributed by atoms with Gasteiger partial charge in [-0.1, -0.05) is 5.21 Å². The average Bonchev–Trinajstić information content (AvgIpc) is 3.42. The SMILES string of the molecule is COc1c2c(cc(F)c1N1CCCC1)N1C(=O)O[C@@H](Cn3ccnn3)[C@@H]1C2. The third-order valence-corrected chi connectivity index (χ3v) is 5.64. The number of anilines is 2. The molecule has 2 saturated heterocycles. The van der Waals surface area contributed by atoms with E-state index in [9.17, 15) is 4.79 Å². The Balaban J connectivity index is 1.53. The first-order valence-corrected chi connectivity index (χ1v) is 9.15. The van der Waals surface area contributed by atoms with Crippen molar-refractivity contribution in [2.24, 2.45) is 0 Å². The quantitative estimate of drug-likeness (QED) is 0.816. The number of aromatic nitrogens is 3. The molecule has 5 rings (SSSR count). The number of halogens is 1. The molecule has 0 saturated carbocycles. The zero-order valence-electron chi connectivity index (χ0n) is 15.0. The lowest BCUT2D eigenvalue weighted by Crippen LogP contribution is -2.35. The number of rotatable bonds is 4. The van der Waals surface area contributed by atoms with Crippen molar-refractivity contribution in [3.63, 3.8) is 0 Å². The Morgan fingerprint density at radius 3 is 2.89 bits per heavy atom. The highest BCUT2D eigenvalue weighted by Gasteiger charge is 2.49. The Morgan fingerprint density at radius 1 is 1.37 bits per heavy atom. The van der Waals surface area contributed by atoms with Crippen LogP contribution in [0.1, 0.15) is 18.4 Å². The molecule has 27 heavy (non-hydrogen) atoms. The molecule has 4 heterocycles. The van der Waals surface area contributed by atoms with Gasteiger partial charge in [-0.3, -0.25) is 4.90 Å². The van der Waals surface area contributed by atoms with Crippen molar-refractivity contribution in [2.45, 2.75) is 38.0 Å². The van der Waals surface area contributed by atoms with Crippen molar-refractivity contribution in [1.82, 2.24) is 15.0 Å². The van der Waals surface area contributed by atoms with Gasteiger partial charge >= 0.3 is 6.09 Å². The van der Waals surface area contributed by atoms with E-state index in [0.29, 0.717) is 30.1 Å². The zero-order chi connectivity index (χ0) is 18.5. The summed E-state index contributed by atoms with van der Waals surface area (Å²) in [5.74, 6) is 0.175. The highest BCUT2D eigenvalue weighted by atomic mass is 19.1. The monoisotopic (exact) mass is 373 g/mol. The summed E-state index contributed by atoms with van der Waals surface area (Å²) in [5, 5.41) is 7.73. The van der Waals surface area contributed by atoms with Gasteiger partial charge in [0.1, 0.15) is 11.8 Å². The molecule has 1 amide bonds. The number of carbonyl (C=O) groups excluding carboxylic acids is 1. The summed E-state index contributed by atoms with van der Waals surface area (Å²) in [6, 6.07) is 1.24. The average molecular weight is 373 g/mol. The third kappa shape index (κ3) is 2.44. The van der Waals surface area contributed by atoms with Crippen LogP contribution in [0.25, 0.3) is 0 Å². The Hall–Kier alpha value is -2.84. The molecule has 3 aliphatic rings. The molecule has 2 aromatic rings. The maximum absolute atomic E-state index is 15.0. The van der Waals surface area contributed by atoms with Crippen molar-refractivity contribution in [3.05, 3.63) is 29.8 Å². The summed E-state index contributed by atoms with van der Waals surface area (Å²) < 4.78 is 27.8. The predicted octanol–water partition coefficient (Wildman–Crippen LogP) is 1.98. The minimum Gasteiger partial charge on any atom is -0.494 e. The molecule has 2 atom stereocenters. The van der Waals surface area contributed by atoms with Crippen LogP contribution in [0.15, 0.2) is 18.5 Å². The number of cyclic esters (lactones) is 1. The number of benzene rings is 1. The minimum atomic E-state index is -0.459. The van der Waals surface area contributed by atoms with E-state index in [0.717, 1.165) is 31.5 Å². The highest BCUT2D eigenvalue weighted by Crippen LogP contribution is 2.48. The highest BCUT2D eigenvalue weighted by molar-refractivity contribution is 5.95. The number of fused-ring (bicyclic) bond motifs is 3. The third-order valence-electron chi connectivity index (χ3n) is 5.64. The molecule has 0 bridgehead atoms. The molecule has 3 aliphatic heterocycles. The van der Waals surface area contributed by atoms with Crippen LogP contribution >= 0.6 is 0 Å². The molecule has 1 aromatic heterocycles. The molecule has 8 nitrogen and oxygen atoms in total. The van der Waals surface area contributed by atoms with E-state index in [4.69, 9.17) is 9.47 Å². The van der Waals surface area contributed by atoms with Gasteiger partial charge in [0.05, 0.1) is 31.6 Å². The van der Waals surface area contributed by atoms with E-state index in [-0.39, 0.29) is 18.0 Å². The number of carbonyl (C=O) groups is 1. The maximum atomic E-state index is 15.0. The molecule has 0 unspecified atom stereocenters. The number of hydrogen-bond donors (Lipinski definition) is 0. The van der Waals surface area contributed by atoms with Gasteiger partial charge in [0, 0.05) is 37.3 Å². The second-order valence-electron chi connectivity index (χ2n) is 7.12. The fourth-order valence-corrected chi connectivity index (χ4v) is 4.46. The van der Waals surface area contributed by atoms with Crippen LogP contribution < -0.4 is 14.5 Å². The van der Waals surface area contributed by atoms with Crippen LogP contribution in [0, 0.1) is 5.82 Å². The van der Waals surface area contributed by atoms with Crippen LogP contribution in [0.3, 0.4) is 0 Å². The van der Waals surface area contributed by atoms with Crippen LogP contribution in [-0.2, 0) is 17.7 Å². The van der Waals surface area contributed by atoms with Gasteiger partial charge in [-0.15, -0.1) is 5.10 Å². The summed E-state index contributed by atoms with van der Waals surface area (Å²) in [6.07, 6.45) is 5.11. The lowest BCUT2D eigenvalue weighted by Gasteiger charge is -2.24. The predicted molar refractivity (Wildman–Crippen MR) is 94.7 cm³/mol. The van der Waals surface area contributed by atoms with Crippen molar-refractivity contribution in [1.29, 1.82) is 0 Å². The van der Waals surface area contributed by atoms with Crippen molar-refractivity contribution < 1.29 is 18.7 Å².